The Hall–Kier alpha value is -0.900. The molecule has 0 spiro atoms. The van der Waals surface area contributed by atoms with Crippen LogP contribution < -0.4 is 5.32 Å². The molecule has 1 aromatic rings. The van der Waals surface area contributed by atoms with Gasteiger partial charge in [-0.05, 0) is 52.4 Å². The molecule has 1 aliphatic rings. The van der Waals surface area contributed by atoms with E-state index in [2.05, 4.69) is 35.1 Å². The summed E-state index contributed by atoms with van der Waals surface area (Å²) in [4.78, 5) is 12.2. The first-order valence-electron chi connectivity index (χ1n) is 6.16. The highest BCUT2D eigenvalue weighted by atomic mass is 79.9. The number of hydrogen-bond donors (Lipinski definition) is 1. The van der Waals surface area contributed by atoms with E-state index in [1.165, 1.54) is 18.2 Å². The van der Waals surface area contributed by atoms with Crippen LogP contribution in [0.15, 0.2) is 22.7 Å². The lowest BCUT2D eigenvalue weighted by Gasteiger charge is -2.27. The third-order valence-corrected chi connectivity index (χ3v) is 4.39. The maximum atomic E-state index is 13.0. The number of hydrogen-bond acceptors (Lipinski definition) is 1. The molecule has 1 unspecified atom stereocenters. The van der Waals surface area contributed by atoms with Gasteiger partial charge in [0.25, 0.3) is 5.91 Å². The van der Waals surface area contributed by atoms with Crippen LogP contribution in [0.4, 0.5) is 4.39 Å². The lowest BCUT2D eigenvalue weighted by Crippen LogP contribution is -2.41. The van der Waals surface area contributed by atoms with Gasteiger partial charge in [-0.2, -0.15) is 0 Å². The molecule has 0 aromatic heterocycles. The lowest BCUT2D eigenvalue weighted by molar-refractivity contribution is 0.0909. The zero-order chi connectivity index (χ0) is 13.3. The molecule has 0 saturated heterocycles. The summed E-state index contributed by atoms with van der Waals surface area (Å²) in [6, 6.07) is 4.33. The zero-order valence-corrected chi connectivity index (χ0v) is 12.2. The van der Waals surface area contributed by atoms with Gasteiger partial charge >= 0.3 is 0 Å². The third-order valence-electron chi connectivity index (χ3n) is 3.74. The van der Waals surface area contributed by atoms with E-state index in [1.54, 1.807) is 0 Å². The summed E-state index contributed by atoms with van der Waals surface area (Å²) in [5.41, 5.74) is 0.626. The molecule has 2 rings (SSSR count). The van der Waals surface area contributed by atoms with Gasteiger partial charge in [0, 0.05) is 10.5 Å². The van der Waals surface area contributed by atoms with E-state index in [9.17, 15) is 9.18 Å². The topological polar surface area (TPSA) is 29.1 Å². The zero-order valence-electron chi connectivity index (χ0n) is 10.6. The summed E-state index contributed by atoms with van der Waals surface area (Å²) in [6.07, 6.45) is 3.28. The van der Waals surface area contributed by atoms with Gasteiger partial charge in [0.05, 0.1) is 5.56 Å². The van der Waals surface area contributed by atoms with Crippen molar-refractivity contribution in [3.63, 3.8) is 0 Å². The quantitative estimate of drug-likeness (QED) is 0.881. The maximum absolute atomic E-state index is 13.0. The van der Waals surface area contributed by atoms with E-state index in [4.69, 9.17) is 0 Å². The summed E-state index contributed by atoms with van der Waals surface area (Å²) in [5, 5.41) is 3.05. The van der Waals surface area contributed by atoms with Gasteiger partial charge in [0.1, 0.15) is 5.82 Å². The van der Waals surface area contributed by atoms with Crippen LogP contribution in [0, 0.1) is 11.2 Å². The predicted octanol–water partition coefficient (Wildman–Crippen LogP) is 3.90. The molecule has 2 nitrogen and oxygen atoms in total. The van der Waals surface area contributed by atoms with E-state index >= 15 is 0 Å². The molecule has 1 aromatic carbocycles. The average Bonchev–Trinajstić information content (AvgIpc) is 2.58. The molecule has 98 valence electrons. The Labute approximate surface area is 115 Å². The normalized spacial score (nSPS) is 21.9. The fourth-order valence-corrected chi connectivity index (χ4v) is 3.03. The van der Waals surface area contributed by atoms with Gasteiger partial charge in [0.15, 0.2) is 0 Å². The first kappa shape index (κ1) is 13.5. The number of carbonyl (C=O) groups excluding carboxylic acids is 1. The Bertz CT molecular complexity index is 473. The van der Waals surface area contributed by atoms with Crippen molar-refractivity contribution in [3.8, 4) is 0 Å². The van der Waals surface area contributed by atoms with Gasteiger partial charge in [0.2, 0.25) is 0 Å². The highest BCUT2D eigenvalue weighted by molar-refractivity contribution is 9.10. The van der Waals surface area contributed by atoms with Gasteiger partial charge in [-0.3, -0.25) is 4.79 Å². The molecule has 18 heavy (non-hydrogen) atoms. The van der Waals surface area contributed by atoms with Crippen LogP contribution in [0.1, 0.15) is 43.5 Å². The van der Waals surface area contributed by atoms with Crippen LogP contribution in [-0.2, 0) is 0 Å². The minimum Gasteiger partial charge on any atom is -0.349 e. The number of halogens is 2. The Morgan fingerprint density at radius 1 is 1.50 bits per heavy atom. The van der Waals surface area contributed by atoms with Crippen molar-refractivity contribution >= 4 is 21.8 Å². The first-order valence-corrected chi connectivity index (χ1v) is 6.95. The van der Waals surface area contributed by atoms with Crippen LogP contribution in [0.25, 0.3) is 0 Å². The Kier molecular flexibility index (Phi) is 3.76. The fourth-order valence-electron chi connectivity index (χ4n) is 2.50. The minimum atomic E-state index is -0.348. The van der Waals surface area contributed by atoms with Crippen molar-refractivity contribution < 1.29 is 9.18 Å². The monoisotopic (exact) mass is 313 g/mol. The molecule has 4 heteroatoms. The van der Waals surface area contributed by atoms with E-state index < -0.39 is 0 Å². The smallest absolute Gasteiger partial charge is 0.252 e. The molecule has 0 heterocycles. The second-order valence-corrected chi connectivity index (χ2v) is 6.39. The molecule has 1 aliphatic carbocycles. The van der Waals surface area contributed by atoms with E-state index in [0.29, 0.717) is 10.0 Å². The molecule has 1 saturated carbocycles. The number of carbonyl (C=O) groups is 1. The maximum Gasteiger partial charge on any atom is 0.252 e. The molecular formula is C14H17BrFNO. The molecule has 0 radical (unpaired) electrons. The van der Waals surface area contributed by atoms with Crippen LogP contribution in [0.3, 0.4) is 0 Å². The van der Waals surface area contributed by atoms with Gasteiger partial charge in [-0.15, -0.1) is 0 Å². The van der Waals surface area contributed by atoms with Crippen LogP contribution in [0.5, 0.6) is 0 Å². The van der Waals surface area contributed by atoms with E-state index in [1.807, 2.05) is 0 Å². The molecule has 0 aliphatic heterocycles. The summed E-state index contributed by atoms with van der Waals surface area (Å²) in [5.74, 6) is -0.485. The molecule has 0 bridgehead atoms. The van der Waals surface area contributed by atoms with Crippen molar-refractivity contribution in [1.82, 2.24) is 5.32 Å². The van der Waals surface area contributed by atoms with E-state index in [-0.39, 0.29) is 23.2 Å². The van der Waals surface area contributed by atoms with Crippen molar-refractivity contribution in [2.75, 3.05) is 0 Å². The summed E-state index contributed by atoms with van der Waals surface area (Å²) >= 11 is 3.22. The SMILES string of the molecule is CC1(C)CCCC1NC(=O)c1ccc(F)cc1Br. The highest BCUT2D eigenvalue weighted by Crippen LogP contribution is 2.37. The minimum absolute atomic E-state index is 0.137. The van der Waals surface area contributed by atoms with Crippen molar-refractivity contribution in [3.05, 3.63) is 34.1 Å². The number of rotatable bonds is 2. The van der Waals surface area contributed by atoms with Crippen LogP contribution in [0.2, 0.25) is 0 Å². The molecule has 1 atom stereocenters. The fraction of sp³-hybridized carbons (Fsp3) is 0.500. The second kappa shape index (κ2) is 5.00. The third kappa shape index (κ3) is 2.74. The van der Waals surface area contributed by atoms with Crippen molar-refractivity contribution in [2.24, 2.45) is 5.41 Å². The summed E-state index contributed by atoms with van der Waals surface area (Å²) in [6.45, 7) is 4.34. The van der Waals surface area contributed by atoms with Gasteiger partial charge in [-0.1, -0.05) is 20.3 Å². The van der Waals surface area contributed by atoms with Crippen molar-refractivity contribution in [1.29, 1.82) is 0 Å². The average molecular weight is 314 g/mol. The summed E-state index contributed by atoms with van der Waals surface area (Å²) < 4.78 is 13.5. The Morgan fingerprint density at radius 3 is 2.78 bits per heavy atom. The highest BCUT2D eigenvalue weighted by Gasteiger charge is 2.35. The standard InChI is InChI=1S/C14H17BrFNO/c1-14(2)7-3-4-12(14)17-13(18)10-6-5-9(16)8-11(10)15/h5-6,8,12H,3-4,7H2,1-2H3,(H,17,18). The van der Waals surface area contributed by atoms with E-state index in [0.717, 1.165) is 19.3 Å². The van der Waals surface area contributed by atoms with Gasteiger partial charge < -0.3 is 5.32 Å². The Morgan fingerprint density at radius 2 is 2.22 bits per heavy atom. The Balaban J connectivity index is 2.13. The van der Waals surface area contributed by atoms with Crippen molar-refractivity contribution in [2.45, 2.75) is 39.2 Å². The number of nitrogens with one attached hydrogen (secondary N) is 1. The van der Waals surface area contributed by atoms with Gasteiger partial charge in [-0.25, -0.2) is 4.39 Å². The molecule has 1 N–H and O–H groups in total. The second-order valence-electron chi connectivity index (χ2n) is 5.53. The van der Waals surface area contributed by atoms with Crippen LogP contribution in [-0.4, -0.2) is 11.9 Å². The number of amides is 1. The first-order chi connectivity index (χ1) is 8.40. The molecular weight excluding hydrogens is 297 g/mol. The summed E-state index contributed by atoms with van der Waals surface area (Å²) in [7, 11) is 0. The van der Waals surface area contributed by atoms with Crippen LogP contribution >= 0.6 is 15.9 Å². The largest absolute Gasteiger partial charge is 0.349 e. The lowest BCUT2D eigenvalue weighted by atomic mass is 9.87. The predicted molar refractivity (Wildman–Crippen MR) is 73.0 cm³/mol. The molecule has 1 amide bonds. The molecule has 1 fully saturated rings. The number of benzene rings is 1.